The monoisotopic (exact) mass is 148 g/mol. The van der Waals surface area contributed by atoms with Gasteiger partial charge in [0.05, 0.1) is 12.4 Å². The third-order valence-electron chi connectivity index (χ3n) is 0.664. The summed E-state index contributed by atoms with van der Waals surface area (Å²) in [6.45, 7) is 0. The second-order valence-corrected chi connectivity index (χ2v) is 1.27. The van der Waals surface area contributed by atoms with E-state index in [1.807, 2.05) is 0 Å². The highest BCUT2D eigenvalue weighted by Crippen LogP contribution is 1.90. The molecular weight excluding hydrogens is 144 g/mol. The van der Waals surface area contributed by atoms with Gasteiger partial charge in [-0.2, -0.15) is 0 Å². The van der Waals surface area contributed by atoms with E-state index in [0.29, 0.717) is 0 Å². The molecule has 0 aliphatic carbocycles. The predicted octanol–water partition coefficient (Wildman–Crippen LogP) is -0.103. The maximum Gasteiger partial charge on any atom is 0.254 e. The molecule has 0 amide bonds. The highest BCUT2D eigenvalue weighted by atomic mass is 35.5. The average molecular weight is 149 g/mol. The molecule has 5 heteroatoms. The normalized spacial score (nSPS) is 8.00. The Hall–Kier alpha value is -1.03. The van der Waals surface area contributed by atoms with Crippen molar-refractivity contribution in [3.05, 3.63) is 22.7 Å². The number of nitrogens with one attached hydrogen (secondary N) is 1. The van der Waals surface area contributed by atoms with Gasteiger partial charge in [-0.25, -0.2) is 4.98 Å². The van der Waals surface area contributed by atoms with Crippen molar-refractivity contribution < 1.29 is 5.11 Å². The van der Waals surface area contributed by atoms with E-state index in [2.05, 4.69) is 9.97 Å². The summed E-state index contributed by atoms with van der Waals surface area (Å²) in [7, 11) is 0. The van der Waals surface area contributed by atoms with E-state index in [-0.39, 0.29) is 23.8 Å². The van der Waals surface area contributed by atoms with Gasteiger partial charge in [-0.05, 0) is 0 Å². The van der Waals surface area contributed by atoms with Crippen LogP contribution >= 0.6 is 12.4 Å². The number of aromatic hydroxyl groups is 1. The molecule has 1 aromatic heterocycles. The van der Waals surface area contributed by atoms with Gasteiger partial charge in [0.1, 0.15) is 0 Å². The Labute approximate surface area is 57.0 Å². The minimum atomic E-state index is -0.350. The molecule has 0 spiro atoms. The van der Waals surface area contributed by atoms with Gasteiger partial charge in [-0.3, -0.25) is 4.79 Å². The standard InChI is InChI=1S/C4H4N2O2.ClH/c7-3-1-4(8)6-2-5-3;/h1-2H,(H2,5,6,7,8);1H. The van der Waals surface area contributed by atoms with Crippen LogP contribution in [-0.4, -0.2) is 15.1 Å². The van der Waals surface area contributed by atoms with E-state index in [4.69, 9.17) is 5.11 Å². The summed E-state index contributed by atoms with van der Waals surface area (Å²) in [5, 5.41) is 8.48. The molecular formula is C4H5ClN2O2. The van der Waals surface area contributed by atoms with Crippen LogP contribution in [0.3, 0.4) is 0 Å². The fourth-order valence-electron chi connectivity index (χ4n) is 0.358. The Morgan fingerprint density at radius 3 is 2.67 bits per heavy atom. The number of rotatable bonds is 0. The second-order valence-electron chi connectivity index (χ2n) is 1.27. The lowest BCUT2D eigenvalue weighted by atomic mass is 10.6. The van der Waals surface area contributed by atoms with Crippen molar-refractivity contribution in [1.82, 2.24) is 9.97 Å². The Morgan fingerprint density at radius 2 is 2.33 bits per heavy atom. The van der Waals surface area contributed by atoms with Crippen molar-refractivity contribution in [3.63, 3.8) is 0 Å². The number of hydrogen-bond donors (Lipinski definition) is 2. The number of aromatic nitrogens is 2. The van der Waals surface area contributed by atoms with E-state index in [1.165, 1.54) is 0 Å². The Balaban J connectivity index is 0.000000640. The van der Waals surface area contributed by atoms with Gasteiger partial charge in [-0.15, -0.1) is 12.4 Å². The zero-order chi connectivity index (χ0) is 5.98. The van der Waals surface area contributed by atoms with Crippen molar-refractivity contribution in [2.45, 2.75) is 0 Å². The molecule has 0 saturated carbocycles. The largest absolute Gasteiger partial charge is 0.493 e. The van der Waals surface area contributed by atoms with Gasteiger partial charge in [0.25, 0.3) is 5.56 Å². The van der Waals surface area contributed by atoms with Crippen molar-refractivity contribution in [2.75, 3.05) is 0 Å². The summed E-state index contributed by atoms with van der Waals surface area (Å²) in [4.78, 5) is 15.8. The van der Waals surface area contributed by atoms with Crippen molar-refractivity contribution in [3.8, 4) is 5.88 Å². The molecule has 4 nitrogen and oxygen atoms in total. The highest BCUT2D eigenvalue weighted by molar-refractivity contribution is 5.85. The van der Waals surface area contributed by atoms with Gasteiger partial charge >= 0.3 is 0 Å². The molecule has 50 valence electrons. The van der Waals surface area contributed by atoms with Gasteiger partial charge in [0.2, 0.25) is 5.88 Å². The predicted molar refractivity (Wildman–Crippen MR) is 33.8 cm³/mol. The zero-order valence-electron chi connectivity index (χ0n) is 4.37. The van der Waals surface area contributed by atoms with E-state index < -0.39 is 0 Å². The first-order chi connectivity index (χ1) is 3.79. The number of hydrogen-bond acceptors (Lipinski definition) is 3. The zero-order valence-corrected chi connectivity index (χ0v) is 5.18. The molecule has 1 heterocycles. The summed E-state index contributed by atoms with van der Waals surface area (Å²) < 4.78 is 0. The molecule has 0 saturated heterocycles. The molecule has 1 rings (SSSR count). The van der Waals surface area contributed by atoms with E-state index in [9.17, 15) is 4.79 Å². The lowest BCUT2D eigenvalue weighted by Gasteiger charge is -1.82. The molecule has 0 atom stereocenters. The molecule has 0 bridgehead atoms. The summed E-state index contributed by atoms with van der Waals surface area (Å²) in [6.07, 6.45) is 1.14. The molecule has 1 aromatic rings. The topological polar surface area (TPSA) is 66.0 Å². The fraction of sp³-hybridized carbons (Fsp3) is 0. The summed E-state index contributed by atoms with van der Waals surface area (Å²) in [6, 6.07) is 1.00. The third kappa shape index (κ3) is 2.14. The highest BCUT2D eigenvalue weighted by Gasteiger charge is 1.84. The van der Waals surface area contributed by atoms with Gasteiger partial charge in [0.15, 0.2) is 0 Å². The minimum absolute atomic E-state index is 0. The van der Waals surface area contributed by atoms with Gasteiger partial charge < -0.3 is 10.1 Å². The molecule has 0 radical (unpaired) electrons. The van der Waals surface area contributed by atoms with Crippen LogP contribution < -0.4 is 5.56 Å². The Kier molecular flexibility index (Phi) is 2.73. The maximum absolute atomic E-state index is 10.2. The molecule has 9 heavy (non-hydrogen) atoms. The van der Waals surface area contributed by atoms with Crippen LogP contribution in [0.5, 0.6) is 5.88 Å². The second kappa shape index (κ2) is 3.09. The van der Waals surface area contributed by atoms with Gasteiger partial charge in [-0.1, -0.05) is 0 Å². The van der Waals surface area contributed by atoms with Crippen LogP contribution in [0.25, 0.3) is 0 Å². The minimum Gasteiger partial charge on any atom is -0.493 e. The first-order valence-corrected chi connectivity index (χ1v) is 2.03. The SMILES string of the molecule is Cl.O=c1cc(O)nc[nH]1. The molecule has 0 aliphatic heterocycles. The molecule has 2 N–H and O–H groups in total. The maximum atomic E-state index is 10.2. The number of halogens is 1. The average Bonchev–Trinajstić information content (AvgIpc) is 1.64. The van der Waals surface area contributed by atoms with E-state index >= 15 is 0 Å². The smallest absolute Gasteiger partial charge is 0.254 e. The molecule has 0 unspecified atom stereocenters. The van der Waals surface area contributed by atoms with Crippen LogP contribution in [0.1, 0.15) is 0 Å². The molecule has 0 aliphatic rings. The summed E-state index contributed by atoms with van der Waals surface area (Å²) >= 11 is 0. The Bertz CT molecular complexity index is 234. The molecule has 0 aromatic carbocycles. The third-order valence-corrected chi connectivity index (χ3v) is 0.664. The van der Waals surface area contributed by atoms with Crippen molar-refractivity contribution >= 4 is 12.4 Å². The first kappa shape index (κ1) is 7.97. The van der Waals surface area contributed by atoms with Crippen molar-refractivity contribution in [1.29, 1.82) is 0 Å². The van der Waals surface area contributed by atoms with Crippen LogP contribution in [0.2, 0.25) is 0 Å². The number of nitrogens with zero attached hydrogens (tertiary/aromatic N) is 1. The number of H-pyrrole nitrogens is 1. The van der Waals surface area contributed by atoms with Gasteiger partial charge in [0, 0.05) is 0 Å². The van der Waals surface area contributed by atoms with Crippen LogP contribution in [0.4, 0.5) is 0 Å². The quantitative estimate of drug-likeness (QED) is 0.540. The van der Waals surface area contributed by atoms with E-state index in [0.717, 1.165) is 12.4 Å². The Morgan fingerprint density at radius 1 is 1.67 bits per heavy atom. The van der Waals surface area contributed by atoms with Crippen LogP contribution in [-0.2, 0) is 0 Å². The first-order valence-electron chi connectivity index (χ1n) is 2.03. The summed E-state index contributed by atoms with van der Waals surface area (Å²) in [5.41, 5.74) is -0.350. The lowest BCUT2D eigenvalue weighted by Crippen LogP contribution is -2.01. The lowest BCUT2D eigenvalue weighted by molar-refractivity contribution is 0.451. The van der Waals surface area contributed by atoms with Crippen LogP contribution in [0.15, 0.2) is 17.2 Å². The summed E-state index contributed by atoms with van der Waals surface area (Å²) in [5.74, 6) is -0.256. The number of aromatic amines is 1. The van der Waals surface area contributed by atoms with Crippen LogP contribution in [0, 0.1) is 0 Å². The van der Waals surface area contributed by atoms with E-state index in [1.54, 1.807) is 0 Å². The fourth-order valence-corrected chi connectivity index (χ4v) is 0.358. The molecule has 0 fully saturated rings. The van der Waals surface area contributed by atoms with Crippen molar-refractivity contribution in [2.24, 2.45) is 0 Å².